The number of rotatable bonds is 1. The fourth-order valence-electron chi connectivity index (χ4n) is 1.41. The van der Waals surface area contributed by atoms with Crippen LogP contribution in [0.3, 0.4) is 0 Å². The van der Waals surface area contributed by atoms with Crippen molar-refractivity contribution < 1.29 is 0 Å². The topological polar surface area (TPSA) is 51.8 Å². The predicted molar refractivity (Wildman–Crippen MR) is 53.3 cm³/mol. The largest absolute Gasteiger partial charge is 0.399 e. The molecule has 0 aliphatic heterocycles. The van der Waals surface area contributed by atoms with E-state index < -0.39 is 0 Å². The van der Waals surface area contributed by atoms with Gasteiger partial charge >= 0.3 is 0 Å². The van der Waals surface area contributed by atoms with E-state index in [4.69, 9.17) is 5.73 Å². The van der Waals surface area contributed by atoms with Crippen molar-refractivity contribution in [3.05, 3.63) is 30.2 Å². The molecule has 1 aromatic carbocycles. The molecule has 0 bridgehead atoms. The normalized spacial score (nSPS) is 10.5. The summed E-state index contributed by atoms with van der Waals surface area (Å²) >= 11 is 0. The van der Waals surface area contributed by atoms with Crippen LogP contribution >= 0.6 is 0 Å². The average Bonchev–Trinajstić information content (AvgIpc) is 2.17. The third-order valence-electron chi connectivity index (χ3n) is 2.08. The molecule has 0 unspecified atom stereocenters. The number of nitrogen functional groups attached to an aromatic ring is 1. The molecule has 0 saturated carbocycles. The molecule has 2 N–H and O–H groups in total. The highest BCUT2D eigenvalue weighted by atomic mass is 14.8. The summed E-state index contributed by atoms with van der Waals surface area (Å²) in [6.45, 7) is 2.07. The molecule has 0 aliphatic rings. The van der Waals surface area contributed by atoms with Crippen molar-refractivity contribution in [1.82, 2.24) is 9.97 Å². The Morgan fingerprint density at radius 1 is 1.31 bits per heavy atom. The quantitative estimate of drug-likeness (QED) is 0.669. The molecule has 0 spiro atoms. The van der Waals surface area contributed by atoms with Crippen LogP contribution in [0.25, 0.3) is 10.9 Å². The summed E-state index contributed by atoms with van der Waals surface area (Å²) in [5.74, 6) is 0. The minimum Gasteiger partial charge on any atom is -0.399 e. The van der Waals surface area contributed by atoms with Crippen molar-refractivity contribution in [3.8, 4) is 0 Å². The van der Waals surface area contributed by atoms with Crippen molar-refractivity contribution in [2.75, 3.05) is 5.73 Å². The fraction of sp³-hybridized carbons (Fsp3) is 0.200. The number of hydrogen-bond donors (Lipinski definition) is 1. The highest BCUT2D eigenvalue weighted by molar-refractivity contribution is 5.83. The molecule has 0 amide bonds. The Morgan fingerprint density at radius 2 is 2.15 bits per heavy atom. The van der Waals surface area contributed by atoms with E-state index in [1.165, 1.54) is 0 Å². The molecule has 0 aliphatic carbocycles. The van der Waals surface area contributed by atoms with Crippen LogP contribution in [0.5, 0.6) is 0 Å². The van der Waals surface area contributed by atoms with Gasteiger partial charge in [0, 0.05) is 11.1 Å². The average molecular weight is 173 g/mol. The van der Waals surface area contributed by atoms with Gasteiger partial charge in [-0.3, -0.25) is 0 Å². The Labute approximate surface area is 76.6 Å². The number of nitrogens with zero attached hydrogens (tertiary/aromatic N) is 2. The van der Waals surface area contributed by atoms with Crippen molar-refractivity contribution in [3.63, 3.8) is 0 Å². The van der Waals surface area contributed by atoms with Gasteiger partial charge in [0.1, 0.15) is 6.33 Å². The van der Waals surface area contributed by atoms with E-state index in [0.29, 0.717) is 0 Å². The molecule has 66 valence electrons. The van der Waals surface area contributed by atoms with Gasteiger partial charge in [0.15, 0.2) is 0 Å². The smallest absolute Gasteiger partial charge is 0.116 e. The fourth-order valence-corrected chi connectivity index (χ4v) is 1.41. The van der Waals surface area contributed by atoms with E-state index in [-0.39, 0.29) is 0 Å². The monoisotopic (exact) mass is 173 g/mol. The summed E-state index contributed by atoms with van der Waals surface area (Å²) in [7, 11) is 0. The van der Waals surface area contributed by atoms with Gasteiger partial charge in [0.2, 0.25) is 0 Å². The van der Waals surface area contributed by atoms with Crippen LogP contribution < -0.4 is 5.73 Å². The second-order valence-electron chi connectivity index (χ2n) is 2.95. The van der Waals surface area contributed by atoms with Crippen LogP contribution in [-0.4, -0.2) is 9.97 Å². The van der Waals surface area contributed by atoms with Crippen LogP contribution in [0, 0.1) is 0 Å². The molecule has 13 heavy (non-hydrogen) atoms. The summed E-state index contributed by atoms with van der Waals surface area (Å²) in [5, 5.41) is 1.06. The lowest BCUT2D eigenvalue weighted by Gasteiger charge is -2.02. The third-order valence-corrected chi connectivity index (χ3v) is 2.08. The molecular formula is C10H11N3. The molecule has 1 heterocycles. The first-order valence-corrected chi connectivity index (χ1v) is 4.30. The second-order valence-corrected chi connectivity index (χ2v) is 2.95. The van der Waals surface area contributed by atoms with Gasteiger partial charge in [-0.1, -0.05) is 6.92 Å². The minimum atomic E-state index is 0.761. The van der Waals surface area contributed by atoms with Crippen molar-refractivity contribution in [1.29, 1.82) is 0 Å². The summed E-state index contributed by atoms with van der Waals surface area (Å²) in [6.07, 6.45) is 2.50. The number of hydrogen-bond acceptors (Lipinski definition) is 3. The molecule has 0 fully saturated rings. The Hall–Kier alpha value is -1.64. The van der Waals surface area contributed by atoms with E-state index in [1.807, 2.05) is 18.2 Å². The summed E-state index contributed by atoms with van der Waals surface area (Å²) in [4.78, 5) is 8.36. The lowest BCUT2D eigenvalue weighted by Crippen LogP contribution is -1.93. The van der Waals surface area contributed by atoms with E-state index in [0.717, 1.165) is 28.7 Å². The first-order chi connectivity index (χ1) is 6.31. The number of aromatic nitrogens is 2. The molecule has 2 rings (SSSR count). The molecule has 2 aromatic rings. The van der Waals surface area contributed by atoms with E-state index >= 15 is 0 Å². The van der Waals surface area contributed by atoms with Gasteiger partial charge in [-0.15, -0.1) is 0 Å². The first-order valence-electron chi connectivity index (χ1n) is 4.30. The van der Waals surface area contributed by atoms with Crippen molar-refractivity contribution in [2.45, 2.75) is 13.3 Å². The molecule has 0 atom stereocenters. The van der Waals surface area contributed by atoms with Crippen molar-refractivity contribution in [2.24, 2.45) is 0 Å². The third kappa shape index (κ3) is 1.33. The van der Waals surface area contributed by atoms with Crippen LogP contribution in [0.15, 0.2) is 24.5 Å². The summed E-state index contributed by atoms with van der Waals surface area (Å²) < 4.78 is 0. The number of anilines is 1. The second kappa shape index (κ2) is 3.01. The molecule has 0 saturated heterocycles. The van der Waals surface area contributed by atoms with Gasteiger partial charge in [-0.25, -0.2) is 9.97 Å². The predicted octanol–water partition coefficient (Wildman–Crippen LogP) is 1.77. The zero-order valence-corrected chi connectivity index (χ0v) is 7.49. The van der Waals surface area contributed by atoms with Crippen LogP contribution in [-0.2, 0) is 6.42 Å². The number of fused-ring (bicyclic) bond motifs is 1. The highest BCUT2D eigenvalue weighted by Gasteiger charge is 2.00. The lowest BCUT2D eigenvalue weighted by molar-refractivity contribution is 1.03. The Bertz CT molecular complexity index is 437. The maximum atomic E-state index is 5.69. The standard InChI is InChI=1S/C10H11N3/c1-2-9-8-5-7(11)3-4-10(8)13-6-12-9/h3-6H,2,11H2,1H3. The summed E-state index contributed by atoms with van der Waals surface area (Å²) in [6, 6.07) is 5.70. The molecular weight excluding hydrogens is 162 g/mol. The van der Waals surface area contributed by atoms with Gasteiger partial charge < -0.3 is 5.73 Å². The maximum Gasteiger partial charge on any atom is 0.116 e. The molecule has 1 aromatic heterocycles. The van der Waals surface area contributed by atoms with E-state index in [2.05, 4.69) is 16.9 Å². The van der Waals surface area contributed by atoms with E-state index in [1.54, 1.807) is 6.33 Å². The van der Waals surface area contributed by atoms with Gasteiger partial charge in [-0.05, 0) is 24.6 Å². The van der Waals surface area contributed by atoms with E-state index in [9.17, 15) is 0 Å². The Morgan fingerprint density at radius 3 is 2.92 bits per heavy atom. The first kappa shape index (κ1) is 7.98. The Kier molecular flexibility index (Phi) is 1.85. The lowest BCUT2D eigenvalue weighted by atomic mass is 10.1. The molecule has 0 radical (unpaired) electrons. The maximum absolute atomic E-state index is 5.69. The minimum absolute atomic E-state index is 0.761. The van der Waals surface area contributed by atoms with Crippen LogP contribution in [0.1, 0.15) is 12.6 Å². The number of nitrogens with two attached hydrogens (primary N) is 1. The zero-order valence-electron chi connectivity index (χ0n) is 7.49. The molecule has 3 heteroatoms. The van der Waals surface area contributed by atoms with Crippen LogP contribution in [0.2, 0.25) is 0 Å². The van der Waals surface area contributed by atoms with Gasteiger partial charge in [-0.2, -0.15) is 0 Å². The highest BCUT2D eigenvalue weighted by Crippen LogP contribution is 2.17. The summed E-state index contributed by atoms with van der Waals surface area (Å²) in [5.41, 5.74) is 8.47. The van der Waals surface area contributed by atoms with Gasteiger partial charge in [0.05, 0.1) is 11.2 Å². The SMILES string of the molecule is CCc1ncnc2ccc(N)cc12. The Balaban J connectivity index is 2.79. The number of benzene rings is 1. The molecule has 3 nitrogen and oxygen atoms in total. The van der Waals surface area contributed by atoms with Crippen LogP contribution in [0.4, 0.5) is 5.69 Å². The van der Waals surface area contributed by atoms with Gasteiger partial charge in [0.25, 0.3) is 0 Å². The number of aryl methyl sites for hydroxylation is 1. The van der Waals surface area contributed by atoms with Crippen molar-refractivity contribution >= 4 is 16.6 Å². The zero-order chi connectivity index (χ0) is 9.26.